The van der Waals surface area contributed by atoms with Crippen molar-refractivity contribution in [2.75, 3.05) is 6.79 Å². The Labute approximate surface area is 63.4 Å². The first-order chi connectivity index (χ1) is 5.47. The van der Waals surface area contributed by atoms with Gasteiger partial charge in [-0.1, -0.05) is 5.16 Å². The van der Waals surface area contributed by atoms with Gasteiger partial charge in [-0.2, -0.15) is 0 Å². The zero-order valence-electron chi connectivity index (χ0n) is 5.82. The van der Waals surface area contributed by atoms with E-state index < -0.39 is 0 Å². The number of hydrogen-bond donors (Lipinski definition) is 0. The van der Waals surface area contributed by atoms with E-state index in [1.54, 1.807) is 12.3 Å². The molecule has 1 aromatic heterocycles. The second kappa shape index (κ2) is 2.75. The highest BCUT2D eigenvalue weighted by molar-refractivity contribution is 5.45. The van der Waals surface area contributed by atoms with E-state index >= 15 is 0 Å². The molecule has 0 radical (unpaired) electrons. The predicted molar refractivity (Wildman–Crippen MR) is 36.3 cm³/mol. The van der Waals surface area contributed by atoms with E-state index in [2.05, 4.69) is 5.16 Å². The van der Waals surface area contributed by atoms with Gasteiger partial charge < -0.3 is 14.0 Å². The number of aromatic nitrogens is 1. The van der Waals surface area contributed by atoms with Gasteiger partial charge in [0.15, 0.2) is 12.6 Å². The summed E-state index contributed by atoms with van der Waals surface area (Å²) in [5.74, 6) is 0.699. The fourth-order valence-corrected chi connectivity index (χ4v) is 0.864. The lowest BCUT2D eigenvalue weighted by atomic mass is 10.3. The third kappa shape index (κ3) is 1.25. The van der Waals surface area contributed by atoms with Gasteiger partial charge in [0, 0.05) is 11.6 Å². The Hall–Kier alpha value is -1.29. The number of ether oxygens (including phenoxy) is 2. The van der Waals surface area contributed by atoms with Gasteiger partial charge in [0.25, 0.3) is 0 Å². The zero-order chi connectivity index (χ0) is 7.52. The topological polar surface area (TPSA) is 44.5 Å². The highest BCUT2D eigenvalue weighted by Crippen LogP contribution is 2.12. The molecule has 0 unspecified atom stereocenters. The Kier molecular flexibility index (Phi) is 1.61. The van der Waals surface area contributed by atoms with Crippen LogP contribution in [0.3, 0.4) is 0 Å². The van der Waals surface area contributed by atoms with E-state index in [0.717, 1.165) is 5.56 Å². The van der Waals surface area contributed by atoms with Gasteiger partial charge in [-0.05, 0) is 0 Å². The maximum Gasteiger partial charge on any atom is 0.188 e. The molecule has 58 valence electrons. The summed E-state index contributed by atoms with van der Waals surface area (Å²) in [6.45, 7) is 0.768. The van der Waals surface area contributed by atoms with Gasteiger partial charge in [-0.15, -0.1) is 0 Å². The Morgan fingerprint density at radius 1 is 1.45 bits per heavy atom. The van der Waals surface area contributed by atoms with E-state index in [1.807, 2.05) is 0 Å². The molecule has 0 atom stereocenters. The molecule has 11 heavy (non-hydrogen) atoms. The molecule has 4 nitrogen and oxygen atoms in total. The normalized spacial score (nSPS) is 16.4. The first kappa shape index (κ1) is 6.42. The molecule has 0 spiro atoms. The molecule has 0 saturated heterocycles. The molecule has 0 aliphatic carbocycles. The molecule has 1 aliphatic heterocycles. The van der Waals surface area contributed by atoms with E-state index in [-0.39, 0.29) is 6.79 Å². The van der Waals surface area contributed by atoms with Crippen LogP contribution in [0.1, 0.15) is 11.3 Å². The molecular formula is C7H7NO3. The van der Waals surface area contributed by atoms with E-state index in [9.17, 15) is 0 Å². The van der Waals surface area contributed by atoms with Crippen molar-refractivity contribution >= 4 is 6.08 Å². The maximum absolute atomic E-state index is 5.09. The van der Waals surface area contributed by atoms with Crippen molar-refractivity contribution in [2.24, 2.45) is 0 Å². The predicted octanol–water partition coefficient (Wildman–Crippen LogP) is 1.15. The second-order valence-corrected chi connectivity index (χ2v) is 2.15. The average molecular weight is 153 g/mol. The average Bonchev–Trinajstić information content (AvgIpc) is 2.35. The highest BCUT2D eigenvalue weighted by Gasteiger charge is 2.06. The van der Waals surface area contributed by atoms with Crippen LogP contribution in [-0.2, 0) is 16.1 Å². The van der Waals surface area contributed by atoms with Crippen molar-refractivity contribution in [2.45, 2.75) is 6.61 Å². The van der Waals surface area contributed by atoms with Gasteiger partial charge in [-0.3, -0.25) is 0 Å². The van der Waals surface area contributed by atoms with Crippen molar-refractivity contribution in [3.8, 4) is 0 Å². The van der Waals surface area contributed by atoms with Crippen LogP contribution in [0.25, 0.3) is 6.08 Å². The Bertz CT molecular complexity index is 266. The molecule has 0 bridgehead atoms. The Morgan fingerprint density at radius 3 is 3.45 bits per heavy atom. The minimum atomic E-state index is 0.279. The summed E-state index contributed by atoms with van der Waals surface area (Å²) in [6, 6.07) is 0. The number of nitrogens with zero attached hydrogens (tertiary/aromatic N) is 1. The molecule has 0 fully saturated rings. The van der Waals surface area contributed by atoms with Gasteiger partial charge in [-0.25, -0.2) is 0 Å². The quantitative estimate of drug-likeness (QED) is 0.560. The van der Waals surface area contributed by atoms with Gasteiger partial charge in [0.05, 0.1) is 19.1 Å². The van der Waals surface area contributed by atoms with E-state index in [0.29, 0.717) is 12.4 Å². The molecule has 0 N–H and O–H groups in total. The molecule has 2 rings (SSSR count). The standard InChI is InChI=1S/C7H7NO3/c1-2-9-5-10-4-6-3-8-11-7(1)6/h1-3H,4-5H2. The Balaban J connectivity index is 2.31. The molecule has 1 aromatic rings. The summed E-state index contributed by atoms with van der Waals surface area (Å²) >= 11 is 0. The summed E-state index contributed by atoms with van der Waals surface area (Å²) in [6.07, 6.45) is 4.90. The van der Waals surface area contributed by atoms with Crippen molar-refractivity contribution in [3.05, 3.63) is 23.8 Å². The van der Waals surface area contributed by atoms with Crippen molar-refractivity contribution in [1.29, 1.82) is 0 Å². The van der Waals surface area contributed by atoms with Gasteiger partial charge in [0.1, 0.15) is 0 Å². The largest absolute Gasteiger partial charge is 0.475 e. The summed E-state index contributed by atoms with van der Waals surface area (Å²) in [4.78, 5) is 0. The van der Waals surface area contributed by atoms with Crippen LogP contribution in [0.5, 0.6) is 0 Å². The third-order valence-corrected chi connectivity index (χ3v) is 1.40. The van der Waals surface area contributed by atoms with Crippen molar-refractivity contribution in [3.63, 3.8) is 0 Å². The number of fused-ring (bicyclic) bond motifs is 1. The SMILES string of the molecule is C1=Cc2oncc2COCO1. The smallest absolute Gasteiger partial charge is 0.188 e. The van der Waals surface area contributed by atoms with Crippen LogP contribution in [0.4, 0.5) is 0 Å². The van der Waals surface area contributed by atoms with Crippen molar-refractivity contribution < 1.29 is 14.0 Å². The molecule has 0 aromatic carbocycles. The van der Waals surface area contributed by atoms with Crippen LogP contribution in [0.2, 0.25) is 0 Å². The summed E-state index contributed by atoms with van der Waals surface area (Å²) in [5.41, 5.74) is 0.949. The number of hydrogen-bond acceptors (Lipinski definition) is 4. The Morgan fingerprint density at radius 2 is 2.45 bits per heavy atom. The summed E-state index contributed by atoms with van der Waals surface area (Å²) < 4.78 is 14.9. The fraction of sp³-hybridized carbons (Fsp3) is 0.286. The first-order valence-electron chi connectivity index (χ1n) is 3.26. The summed E-state index contributed by atoms with van der Waals surface area (Å²) in [7, 11) is 0. The molecular weight excluding hydrogens is 146 g/mol. The van der Waals surface area contributed by atoms with Gasteiger partial charge >= 0.3 is 0 Å². The lowest BCUT2D eigenvalue weighted by Gasteiger charge is -2.04. The van der Waals surface area contributed by atoms with Crippen LogP contribution in [0, 0.1) is 0 Å². The van der Waals surface area contributed by atoms with Crippen LogP contribution >= 0.6 is 0 Å². The number of rotatable bonds is 0. The summed E-state index contributed by atoms with van der Waals surface area (Å²) in [5, 5.41) is 3.63. The minimum absolute atomic E-state index is 0.279. The zero-order valence-corrected chi connectivity index (χ0v) is 5.82. The highest BCUT2D eigenvalue weighted by atomic mass is 16.7. The van der Waals surface area contributed by atoms with E-state index in [1.165, 1.54) is 6.26 Å². The lowest BCUT2D eigenvalue weighted by Crippen LogP contribution is -1.98. The maximum atomic E-state index is 5.09. The molecule has 0 amide bonds. The first-order valence-corrected chi connectivity index (χ1v) is 3.26. The third-order valence-electron chi connectivity index (χ3n) is 1.40. The second-order valence-electron chi connectivity index (χ2n) is 2.15. The van der Waals surface area contributed by atoms with Crippen LogP contribution in [0.15, 0.2) is 17.0 Å². The fourth-order valence-electron chi connectivity index (χ4n) is 0.864. The monoisotopic (exact) mass is 153 g/mol. The van der Waals surface area contributed by atoms with Crippen molar-refractivity contribution in [1.82, 2.24) is 5.16 Å². The molecule has 4 heteroatoms. The van der Waals surface area contributed by atoms with E-state index in [4.69, 9.17) is 14.0 Å². The molecule has 0 saturated carbocycles. The lowest BCUT2D eigenvalue weighted by molar-refractivity contribution is -0.0216. The van der Waals surface area contributed by atoms with Crippen LogP contribution < -0.4 is 0 Å². The minimum Gasteiger partial charge on any atom is -0.475 e. The van der Waals surface area contributed by atoms with Gasteiger partial charge in [0.2, 0.25) is 0 Å². The molecule has 2 heterocycles. The molecule has 1 aliphatic rings. The van der Waals surface area contributed by atoms with Crippen LogP contribution in [-0.4, -0.2) is 11.9 Å².